The predicted octanol–water partition coefficient (Wildman–Crippen LogP) is 1.44. The molecule has 0 saturated carbocycles. The summed E-state index contributed by atoms with van der Waals surface area (Å²) in [4.78, 5) is 12.7. The molecule has 0 saturated heterocycles. The van der Waals surface area contributed by atoms with E-state index in [1.807, 2.05) is 29.9 Å². The first-order chi connectivity index (χ1) is 9.15. The van der Waals surface area contributed by atoms with E-state index in [4.69, 9.17) is 5.11 Å². The van der Waals surface area contributed by atoms with Gasteiger partial charge in [-0.05, 0) is 18.2 Å². The molecular weight excluding hydrogens is 262 g/mol. The Morgan fingerprint density at radius 1 is 1.42 bits per heavy atom. The number of carboxylic acid groups (broad SMARTS) is 1. The van der Waals surface area contributed by atoms with Crippen LogP contribution in [0.1, 0.15) is 15.4 Å². The Hall–Kier alpha value is -1.66. The second kappa shape index (κ2) is 6.49. The van der Waals surface area contributed by atoms with Gasteiger partial charge in [0, 0.05) is 48.2 Å². The summed E-state index contributed by atoms with van der Waals surface area (Å²) >= 11 is 1.55. The highest BCUT2D eigenvalue weighted by molar-refractivity contribution is 7.12. The minimum Gasteiger partial charge on any atom is -0.481 e. The predicted molar refractivity (Wildman–Crippen MR) is 74.3 cm³/mol. The highest BCUT2D eigenvalue weighted by atomic mass is 32.1. The van der Waals surface area contributed by atoms with Crippen LogP contribution >= 0.6 is 11.3 Å². The lowest BCUT2D eigenvalue weighted by Gasteiger charge is -2.03. The molecule has 0 bridgehead atoms. The van der Waals surface area contributed by atoms with E-state index < -0.39 is 5.97 Å². The molecule has 2 aromatic rings. The van der Waals surface area contributed by atoms with Crippen molar-refractivity contribution < 1.29 is 9.90 Å². The molecule has 0 aliphatic carbocycles. The van der Waals surface area contributed by atoms with Crippen molar-refractivity contribution in [1.82, 2.24) is 15.1 Å². The van der Waals surface area contributed by atoms with Crippen molar-refractivity contribution in [2.45, 2.75) is 19.4 Å². The van der Waals surface area contributed by atoms with Crippen LogP contribution < -0.4 is 5.32 Å². The van der Waals surface area contributed by atoms with Gasteiger partial charge in [0.05, 0.1) is 6.42 Å². The average molecular weight is 279 g/mol. The van der Waals surface area contributed by atoms with Gasteiger partial charge in [0.2, 0.25) is 0 Å². The number of hydrogen-bond acceptors (Lipinski definition) is 4. The number of thiophene rings is 1. The summed E-state index contributed by atoms with van der Waals surface area (Å²) in [6, 6.07) is 5.88. The zero-order valence-corrected chi connectivity index (χ0v) is 11.6. The zero-order chi connectivity index (χ0) is 13.7. The number of carbonyl (C=O) groups is 1. The van der Waals surface area contributed by atoms with Crippen molar-refractivity contribution in [2.24, 2.45) is 7.05 Å². The Labute approximate surface area is 115 Å². The van der Waals surface area contributed by atoms with Gasteiger partial charge in [-0.1, -0.05) is 0 Å². The van der Waals surface area contributed by atoms with E-state index in [-0.39, 0.29) is 6.42 Å². The van der Waals surface area contributed by atoms with E-state index in [1.54, 1.807) is 17.5 Å². The first-order valence-corrected chi connectivity index (χ1v) is 6.94. The van der Waals surface area contributed by atoms with Crippen LogP contribution in [-0.4, -0.2) is 27.4 Å². The van der Waals surface area contributed by atoms with Crippen LogP contribution in [0, 0.1) is 0 Å². The maximum atomic E-state index is 10.6. The van der Waals surface area contributed by atoms with Gasteiger partial charge < -0.3 is 10.4 Å². The standard InChI is InChI=1S/C13H17N3O2S/c1-16-10(5-7-15-16)4-6-14-9-12-3-2-11(19-12)8-13(17)18/h2-3,5,7,14H,4,6,8-9H2,1H3,(H,17,18). The van der Waals surface area contributed by atoms with Crippen molar-refractivity contribution in [1.29, 1.82) is 0 Å². The lowest BCUT2D eigenvalue weighted by Crippen LogP contribution is -2.17. The van der Waals surface area contributed by atoms with Gasteiger partial charge >= 0.3 is 5.97 Å². The summed E-state index contributed by atoms with van der Waals surface area (Å²) in [5.74, 6) is -0.780. The molecule has 19 heavy (non-hydrogen) atoms. The van der Waals surface area contributed by atoms with Gasteiger partial charge in [-0.15, -0.1) is 11.3 Å². The summed E-state index contributed by atoms with van der Waals surface area (Å²) in [6.07, 6.45) is 2.84. The molecule has 0 unspecified atom stereocenters. The third-order valence-electron chi connectivity index (χ3n) is 2.82. The Kier molecular flexibility index (Phi) is 4.70. The monoisotopic (exact) mass is 279 g/mol. The smallest absolute Gasteiger partial charge is 0.308 e. The van der Waals surface area contributed by atoms with Gasteiger partial charge in [-0.3, -0.25) is 9.48 Å². The van der Waals surface area contributed by atoms with E-state index >= 15 is 0 Å². The molecular formula is C13H17N3O2S. The summed E-state index contributed by atoms with van der Waals surface area (Å²) in [7, 11) is 1.94. The fourth-order valence-corrected chi connectivity index (χ4v) is 2.81. The largest absolute Gasteiger partial charge is 0.481 e. The van der Waals surface area contributed by atoms with E-state index in [1.165, 1.54) is 10.6 Å². The van der Waals surface area contributed by atoms with Crippen LogP contribution in [0.2, 0.25) is 0 Å². The van der Waals surface area contributed by atoms with Crippen LogP contribution in [0.25, 0.3) is 0 Å². The van der Waals surface area contributed by atoms with Crippen LogP contribution in [0.15, 0.2) is 24.4 Å². The molecule has 0 aromatic carbocycles. The molecule has 0 fully saturated rings. The molecule has 0 radical (unpaired) electrons. The molecule has 0 aliphatic heterocycles. The van der Waals surface area contributed by atoms with Crippen LogP contribution in [0.3, 0.4) is 0 Å². The molecule has 2 N–H and O–H groups in total. The molecule has 6 heteroatoms. The topological polar surface area (TPSA) is 67.2 Å². The number of aliphatic carboxylic acids is 1. The molecule has 5 nitrogen and oxygen atoms in total. The van der Waals surface area contributed by atoms with E-state index in [9.17, 15) is 4.79 Å². The minimum absolute atomic E-state index is 0.111. The Bertz CT molecular complexity index is 548. The second-order valence-corrected chi connectivity index (χ2v) is 5.56. The zero-order valence-electron chi connectivity index (χ0n) is 10.8. The van der Waals surface area contributed by atoms with Gasteiger partial charge in [-0.2, -0.15) is 5.10 Å². The van der Waals surface area contributed by atoms with Crippen molar-refractivity contribution in [3.8, 4) is 0 Å². The Morgan fingerprint density at radius 2 is 2.21 bits per heavy atom. The Balaban J connectivity index is 1.72. The molecule has 0 aliphatic rings. The van der Waals surface area contributed by atoms with Gasteiger partial charge in [0.1, 0.15) is 0 Å². The molecule has 2 aromatic heterocycles. The molecule has 102 valence electrons. The van der Waals surface area contributed by atoms with Crippen LogP contribution in [0.4, 0.5) is 0 Å². The highest BCUT2D eigenvalue weighted by Crippen LogP contribution is 2.16. The first kappa shape index (κ1) is 13.8. The second-order valence-electron chi connectivity index (χ2n) is 4.31. The summed E-state index contributed by atoms with van der Waals surface area (Å²) in [5.41, 5.74) is 1.20. The number of carboxylic acids is 1. The molecule has 2 rings (SSSR count). The van der Waals surface area contributed by atoms with Crippen LogP contribution in [-0.2, 0) is 31.2 Å². The van der Waals surface area contributed by atoms with Gasteiger partial charge in [0.25, 0.3) is 0 Å². The first-order valence-electron chi connectivity index (χ1n) is 6.12. The summed E-state index contributed by atoms with van der Waals surface area (Å²) < 4.78 is 1.87. The fourth-order valence-electron chi connectivity index (χ4n) is 1.84. The Morgan fingerprint density at radius 3 is 2.89 bits per heavy atom. The quantitative estimate of drug-likeness (QED) is 0.753. The number of rotatable bonds is 7. The van der Waals surface area contributed by atoms with Crippen molar-refractivity contribution in [3.05, 3.63) is 39.8 Å². The third-order valence-corrected chi connectivity index (χ3v) is 3.91. The summed E-state index contributed by atoms with van der Waals surface area (Å²) in [5, 5.41) is 16.2. The maximum absolute atomic E-state index is 10.6. The molecule has 0 spiro atoms. The van der Waals surface area contributed by atoms with Crippen LogP contribution in [0.5, 0.6) is 0 Å². The van der Waals surface area contributed by atoms with E-state index in [2.05, 4.69) is 10.4 Å². The third kappa shape index (κ3) is 4.18. The normalized spacial score (nSPS) is 10.8. The minimum atomic E-state index is -0.780. The number of aromatic nitrogens is 2. The molecule has 0 atom stereocenters. The van der Waals surface area contributed by atoms with E-state index in [0.29, 0.717) is 0 Å². The lowest BCUT2D eigenvalue weighted by atomic mass is 10.3. The van der Waals surface area contributed by atoms with Gasteiger partial charge in [0.15, 0.2) is 0 Å². The van der Waals surface area contributed by atoms with Crippen molar-refractivity contribution in [2.75, 3.05) is 6.54 Å². The van der Waals surface area contributed by atoms with Gasteiger partial charge in [-0.25, -0.2) is 0 Å². The molecule has 0 amide bonds. The van der Waals surface area contributed by atoms with Crippen molar-refractivity contribution >= 4 is 17.3 Å². The lowest BCUT2D eigenvalue weighted by molar-refractivity contribution is -0.136. The number of aryl methyl sites for hydroxylation is 1. The number of nitrogens with one attached hydrogen (secondary N) is 1. The number of nitrogens with zero attached hydrogens (tertiary/aromatic N) is 2. The highest BCUT2D eigenvalue weighted by Gasteiger charge is 2.04. The average Bonchev–Trinajstić information content (AvgIpc) is 2.94. The van der Waals surface area contributed by atoms with Crippen molar-refractivity contribution in [3.63, 3.8) is 0 Å². The maximum Gasteiger partial charge on any atom is 0.308 e. The van der Waals surface area contributed by atoms with E-state index in [0.717, 1.165) is 24.4 Å². The molecule has 2 heterocycles. The fraction of sp³-hybridized carbons (Fsp3) is 0.385. The number of hydrogen-bond donors (Lipinski definition) is 2. The SMILES string of the molecule is Cn1nccc1CCNCc1ccc(CC(=O)O)s1. The summed E-state index contributed by atoms with van der Waals surface area (Å²) in [6.45, 7) is 1.66.